The molecule has 0 saturated carbocycles. The highest BCUT2D eigenvalue weighted by molar-refractivity contribution is 7.16. The van der Waals surface area contributed by atoms with Crippen LogP contribution in [-0.4, -0.2) is 15.9 Å². The first-order chi connectivity index (χ1) is 9.52. The molecule has 0 radical (unpaired) electrons. The van der Waals surface area contributed by atoms with E-state index in [0.29, 0.717) is 6.54 Å². The Morgan fingerprint density at radius 3 is 2.70 bits per heavy atom. The SMILES string of the molecule is CC(C)(C)c1nc2scc(-c3cccs3)n2c1CCN. The Kier molecular flexibility index (Phi) is 3.44. The molecule has 106 valence electrons. The lowest BCUT2D eigenvalue weighted by atomic mass is 9.90. The van der Waals surface area contributed by atoms with Gasteiger partial charge in [0.2, 0.25) is 0 Å². The molecule has 0 aliphatic heterocycles. The summed E-state index contributed by atoms with van der Waals surface area (Å²) in [7, 11) is 0. The Bertz CT molecular complexity index is 714. The molecule has 0 amide bonds. The average Bonchev–Trinajstić information content (AvgIpc) is 3.03. The fourth-order valence-electron chi connectivity index (χ4n) is 2.48. The van der Waals surface area contributed by atoms with Gasteiger partial charge in [0.1, 0.15) is 0 Å². The van der Waals surface area contributed by atoms with Crippen LogP contribution >= 0.6 is 22.7 Å². The van der Waals surface area contributed by atoms with Crippen molar-refractivity contribution in [2.45, 2.75) is 32.6 Å². The van der Waals surface area contributed by atoms with Gasteiger partial charge in [-0.25, -0.2) is 4.98 Å². The predicted molar refractivity (Wildman–Crippen MR) is 87.8 cm³/mol. The first-order valence-electron chi connectivity index (χ1n) is 6.75. The quantitative estimate of drug-likeness (QED) is 0.797. The van der Waals surface area contributed by atoms with Gasteiger partial charge < -0.3 is 5.73 Å². The minimum absolute atomic E-state index is 0.0446. The lowest BCUT2D eigenvalue weighted by Gasteiger charge is -2.18. The molecule has 0 saturated heterocycles. The molecule has 0 spiro atoms. The second-order valence-corrected chi connectivity index (χ2v) is 7.70. The molecule has 0 atom stereocenters. The van der Waals surface area contributed by atoms with Gasteiger partial charge in [0.15, 0.2) is 4.96 Å². The molecule has 3 nitrogen and oxygen atoms in total. The molecule has 0 aromatic carbocycles. The van der Waals surface area contributed by atoms with Gasteiger partial charge in [-0.3, -0.25) is 4.40 Å². The van der Waals surface area contributed by atoms with E-state index < -0.39 is 0 Å². The molecule has 3 heterocycles. The molecule has 0 bridgehead atoms. The van der Waals surface area contributed by atoms with E-state index in [1.54, 1.807) is 22.7 Å². The van der Waals surface area contributed by atoms with Gasteiger partial charge in [-0.2, -0.15) is 0 Å². The number of nitrogens with two attached hydrogens (primary N) is 1. The van der Waals surface area contributed by atoms with Crippen LogP contribution in [0.2, 0.25) is 0 Å². The lowest BCUT2D eigenvalue weighted by Crippen LogP contribution is -2.17. The van der Waals surface area contributed by atoms with Crippen LogP contribution in [-0.2, 0) is 11.8 Å². The van der Waals surface area contributed by atoms with Crippen molar-refractivity contribution >= 4 is 27.6 Å². The normalized spacial score (nSPS) is 12.4. The fraction of sp³-hybridized carbons (Fsp3) is 0.400. The number of rotatable bonds is 3. The highest BCUT2D eigenvalue weighted by Crippen LogP contribution is 2.35. The zero-order chi connectivity index (χ0) is 14.3. The summed E-state index contributed by atoms with van der Waals surface area (Å²) >= 11 is 3.47. The Hall–Kier alpha value is -1.17. The largest absolute Gasteiger partial charge is 0.330 e. The number of thiazole rings is 1. The number of hydrogen-bond acceptors (Lipinski definition) is 4. The third-order valence-corrected chi connectivity index (χ3v) is 5.04. The minimum atomic E-state index is 0.0446. The predicted octanol–water partition coefficient (Wildman–Crippen LogP) is 3.92. The van der Waals surface area contributed by atoms with Crippen molar-refractivity contribution in [2.75, 3.05) is 6.54 Å². The Morgan fingerprint density at radius 1 is 1.30 bits per heavy atom. The minimum Gasteiger partial charge on any atom is -0.330 e. The van der Waals surface area contributed by atoms with E-state index in [1.165, 1.54) is 22.0 Å². The molecule has 5 heteroatoms. The maximum absolute atomic E-state index is 5.83. The van der Waals surface area contributed by atoms with Crippen molar-refractivity contribution in [3.8, 4) is 10.6 Å². The number of fused-ring (bicyclic) bond motifs is 1. The van der Waals surface area contributed by atoms with Gasteiger partial charge in [0.25, 0.3) is 0 Å². The van der Waals surface area contributed by atoms with E-state index in [9.17, 15) is 0 Å². The van der Waals surface area contributed by atoms with Crippen LogP contribution < -0.4 is 5.73 Å². The van der Waals surface area contributed by atoms with Crippen LogP contribution in [0.3, 0.4) is 0 Å². The molecule has 3 rings (SSSR count). The van der Waals surface area contributed by atoms with Gasteiger partial charge in [-0.15, -0.1) is 22.7 Å². The van der Waals surface area contributed by atoms with Crippen LogP contribution in [0.5, 0.6) is 0 Å². The fourth-order valence-corrected chi connectivity index (χ4v) is 4.19. The van der Waals surface area contributed by atoms with Crippen molar-refractivity contribution in [1.82, 2.24) is 9.38 Å². The Balaban J connectivity index is 2.27. The second kappa shape index (κ2) is 4.98. The molecular weight excluding hydrogens is 286 g/mol. The summed E-state index contributed by atoms with van der Waals surface area (Å²) in [4.78, 5) is 7.22. The summed E-state index contributed by atoms with van der Waals surface area (Å²) in [5.74, 6) is 0. The molecule has 20 heavy (non-hydrogen) atoms. The number of imidazole rings is 1. The van der Waals surface area contributed by atoms with Crippen molar-refractivity contribution in [2.24, 2.45) is 5.73 Å². The maximum Gasteiger partial charge on any atom is 0.194 e. The van der Waals surface area contributed by atoms with E-state index in [0.717, 1.165) is 11.4 Å². The van der Waals surface area contributed by atoms with Crippen molar-refractivity contribution < 1.29 is 0 Å². The van der Waals surface area contributed by atoms with E-state index in [4.69, 9.17) is 10.7 Å². The summed E-state index contributed by atoms with van der Waals surface area (Å²) in [6.07, 6.45) is 0.864. The molecule has 0 aliphatic rings. The van der Waals surface area contributed by atoms with Gasteiger partial charge in [0.05, 0.1) is 16.3 Å². The van der Waals surface area contributed by atoms with Crippen LogP contribution in [0.15, 0.2) is 22.9 Å². The van der Waals surface area contributed by atoms with Gasteiger partial charge in [-0.05, 0) is 18.0 Å². The van der Waals surface area contributed by atoms with Crippen LogP contribution in [0.25, 0.3) is 15.5 Å². The topological polar surface area (TPSA) is 43.3 Å². The van der Waals surface area contributed by atoms with Gasteiger partial charge in [-0.1, -0.05) is 26.8 Å². The zero-order valence-corrected chi connectivity index (χ0v) is 13.6. The monoisotopic (exact) mass is 305 g/mol. The number of nitrogens with zero attached hydrogens (tertiary/aromatic N) is 2. The first kappa shape index (κ1) is 13.8. The van der Waals surface area contributed by atoms with Gasteiger partial charge >= 0.3 is 0 Å². The van der Waals surface area contributed by atoms with Gasteiger partial charge in [0, 0.05) is 22.9 Å². The summed E-state index contributed by atoms with van der Waals surface area (Å²) in [6.45, 7) is 7.29. The summed E-state index contributed by atoms with van der Waals surface area (Å²) < 4.78 is 2.30. The standard InChI is InChI=1S/C15H19N3S2/c1-15(2,3)13-10(6-7-16)18-11(9-20-14(18)17-13)12-5-4-8-19-12/h4-5,8-9H,6-7,16H2,1-3H3. The summed E-state index contributed by atoms with van der Waals surface area (Å²) in [5, 5.41) is 4.31. The highest BCUT2D eigenvalue weighted by atomic mass is 32.1. The summed E-state index contributed by atoms with van der Waals surface area (Å²) in [6, 6.07) is 4.25. The third-order valence-electron chi connectivity index (χ3n) is 3.32. The lowest BCUT2D eigenvalue weighted by molar-refractivity contribution is 0.564. The number of thiophene rings is 1. The van der Waals surface area contributed by atoms with Crippen LogP contribution in [0, 0.1) is 0 Å². The van der Waals surface area contributed by atoms with Crippen molar-refractivity contribution in [3.05, 3.63) is 34.3 Å². The number of aromatic nitrogens is 2. The molecular formula is C15H19N3S2. The Labute approximate surface area is 127 Å². The molecule has 0 aliphatic carbocycles. The highest BCUT2D eigenvalue weighted by Gasteiger charge is 2.25. The van der Waals surface area contributed by atoms with Crippen LogP contribution in [0.1, 0.15) is 32.2 Å². The van der Waals surface area contributed by atoms with E-state index >= 15 is 0 Å². The van der Waals surface area contributed by atoms with Crippen LogP contribution in [0.4, 0.5) is 0 Å². The van der Waals surface area contributed by atoms with E-state index in [-0.39, 0.29) is 5.41 Å². The Morgan fingerprint density at radius 2 is 2.10 bits per heavy atom. The molecule has 2 N–H and O–H groups in total. The van der Waals surface area contributed by atoms with E-state index in [2.05, 4.69) is 48.1 Å². The average molecular weight is 305 g/mol. The number of hydrogen-bond donors (Lipinski definition) is 1. The summed E-state index contributed by atoms with van der Waals surface area (Å²) in [5.41, 5.74) is 9.55. The molecule has 0 unspecified atom stereocenters. The maximum atomic E-state index is 5.83. The first-order valence-corrected chi connectivity index (χ1v) is 8.51. The third kappa shape index (κ3) is 2.20. The van der Waals surface area contributed by atoms with E-state index in [1.807, 2.05) is 0 Å². The zero-order valence-electron chi connectivity index (χ0n) is 12.0. The van der Waals surface area contributed by atoms with Crippen molar-refractivity contribution in [1.29, 1.82) is 0 Å². The van der Waals surface area contributed by atoms with Crippen molar-refractivity contribution in [3.63, 3.8) is 0 Å². The second-order valence-electron chi connectivity index (χ2n) is 5.91. The molecule has 3 aromatic rings. The molecule has 0 fully saturated rings. The molecule has 3 aromatic heterocycles. The smallest absolute Gasteiger partial charge is 0.194 e.